The van der Waals surface area contributed by atoms with E-state index in [4.69, 9.17) is 5.26 Å². The van der Waals surface area contributed by atoms with E-state index < -0.39 is 10.1 Å². The van der Waals surface area contributed by atoms with Crippen molar-refractivity contribution in [2.24, 2.45) is 0 Å². The number of rotatable bonds is 5. The van der Waals surface area contributed by atoms with E-state index in [2.05, 4.69) is 4.18 Å². The summed E-state index contributed by atoms with van der Waals surface area (Å²) < 4.78 is 27.8. The summed E-state index contributed by atoms with van der Waals surface area (Å²) >= 11 is 0. The second-order valence-corrected chi connectivity index (χ2v) is 4.70. The minimum Gasteiger partial charge on any atom is -0.348 e. The Morgan fingerprint density at radius 1 is 1.60 bits per heavy atom. The Morgan fingerprint density at radius 3 is 2.93 bits per heavy atom. The summed E-state index contributed by atoms with van der Waals surface area (Å²) in [6.45, 7) is 0.517. The van der Waals surface area contributed by atoms with Gasteiger partial charge in [0.05, 0.1) is 25.4 Å². The third-order valence-electron chi connectivity index (χ3n) is 1.81. The summed E-state index contributed by atoms with van der Waals surface area (Å²) in [4.78, 5) is 0. The molecule has 0 saturated carbocycles. The summed E-state index contributed by atoms with van der Waals surface area (Å²) in [5.74, 6) is 0. The summed E-state index contributed by atoms with van der Waals surface area (Å²) in [5.41, 5.74) is 0.856. The Balaban J connectivity index is 2.51. The zero-order valence-corrected chi connectivity index (χ0v) is 9.20. The molecule has 0 fully saturated rings. The molecule has 0 radical (unpaired) electrons. The van der Waals surface area contributed by atoms with Crippen LogP contribution in [0.1, 0.15) is 5.69 Å². The van der Waals surface area contributed by atoms with Crippen LogP contribution in [-0.4, -0.2) is 25.8 Å². The van der Waals surface area contributed by atoms with Gasteiger partial charge in [-0.1, -0.05) is 0 Å². The van der Waals surface area contributed by atoms with Gasteiger partial charge in [-0.05, 0) is 12.1 Å². The van der Waals surface area contributed by atoms with E-state index in [0.29, 0.717) is 13.0 Å². The molecular weight excluding hydrogens is 216 g/mol. The van der Waals surface area contributed by atoms with Crippen molar-refractivity contribution in [2.45, 2.75) is 13.0 Å². The number of aromatic nitrogens is 1. The van der Waals surface area contributed by atoms with Crippen LogP contribution in [0.2, 0.25) is 0 Å². The van der Waals surface area contributed by atoms with Crippen molar-refractivity contribution in [3.63, 3.8) is 0 Å². The zero-order valence-electron chi connectivity index (χ0n) is 8.38. The van der Waals surface area contributed by atoms with Crippen LogP contribution in [0.3, 0.4) is 0 Å². The summed E-state index contributed by atoms with van der Waals surface area (Å²) in [6, 6.07) is 5.67. The number of nitriles is 1. The van der Waals surface area contributed by atoms with Crippen molar-refractivity contribution in [1.29, 1.82) is 5.26 Å². The largest absolute Gasteiger partial charge is 0.348 e. The minimum absolute atomic E-state index is 0.0892. The third kappa shape index (κ3) is 4.14. The van der Waals surface area contributed by atoms with Gasteiger partial charge in [0, 0.05) is 18.4 Å². The predicted octanol–water partition coefficient (Wildman–Crippen LogP) is 0.530. The molecule has 0 N–H and O–H groups in total. The van der Waals surface area contributed by atoms with Gasteiger partial charge in [-0.15, -0.1) is 0 Å². The zero-order chi connectivity index (χ0) is 11.3. The lowest BCUT2D eigenvalue weighted by molar-refractivity contribution is 0.303. The van der Waals surface area contributed by atoms with Crippen molar-refractivity contribution in [1.82, 2.24) is 4.57 Å². The first-order chi connectivity index (χ1) is 7.03. The van der Waals surface area contributed by atoms with Crippen LogP contribution in [0.15, 0.2) is 18.3 Å². The van der Waals surface area contributed by atoms with Crippen molar-refractivity contribution in [2.75, 3.05) is 12.9 Å². The van der Waals surface area contributed by atoms with Crippen LogP contribution in [0.25, 0.3) is 0 Å². The summed E-state index contributed by atoms with van der Waals surface area (Å²) in [5, 5.41) is 8.53. The van der Waals surface area contributed by atoms with Crippen LogP contribution in [0.5, 0.6) is 0 Å². The highest BCUT2D eigenvalue weighted by Crippen LogP contribution is 2.03. The van der Waals surface area contributed by atoms with Gasteiger partial charge in [0.15, 0.2) is 0 Å². The molecule has 0 aliphatic heterocycles. The summed E-state index contributed by atoms with van der Waals surface area (Å²) in [7, 11) is -3.38. The normalized spacial score (nSPS) is 11.2. The lowest BCUT2D eigenvalue weighted by atomic mass is 10.3. The lowest BCUT2D eigenvalue weighted by Crippen LogP contribution is -2.11. The van der Waals surface area contributed by atoms with Crippen molar-refractivity contribution >= 4 is 10.1 Å². The van der Waals surface area contributed by atoms with Gasteiger partial charge in [-0.3, -0.25) is 4.18 Å². The SMILES string of the molecule is CS(=O)(=O)OCCn1cccc1CC#N. The molecule has 0 aliphatic rings. The molecule has 82 valence electrons. The minimum atomic E-state index is -3.38. The fourth-order valence-corrected chi connectivity index (χ4v) is 1.57. The Bertz CT molecular complexity index is 456. The molecule has 15 heavy (non-hydrogen) atoms. The molecule has 1 heterocycles. The van der Waals surface area contributed by atoms with E-state index in [-0.39, 0.29) is 6.61 Å². The maximum Gasteiger partial charge on any atom is 0.264 e. The highest BCUT2D eigenvalue weighted by Gasteiger charge is 2.03. The Morgan fingerprint density at radius 2 is 2.33 bits per heavy atom. The van der Waals surface area contributed by atoms with Gasteiger partial charge in [0.25, 0.3) is 10.1 Å². The molecular formula is C9H12N2O3S. The topological polar surface area (TPSA) is 72.1 Å². The quantitative estimate of drug-likeness (QED) is 0.689. The van der Waals surface area contributed by atoms with Crippen LogP contribution in [0.4, 0.5) is 0 Å². The Kier molecular flexibility index (Phi) is 3.88. The van der Waals surface area contributed by atoms with Gasteiger partial charge < -0.3 is 4.57 Å². The number of nitrogens with zero attached hydrogens (tertiary/aromatic N) is 2. The van der Waals surface area contributed by atoms with Gasteiger partial charge >= 0.3 is 0 Å². The molecule has 0 amide bonds. The average Bonchev–Trinajstić information content (AvgIpc) is 2.51. The first kappa shape index (κ1) is 11.8. The second-order valence-electron chi connectivity index (χ2n) is 3.05. The maximum atomic E-state index is 10.7. The molecule has 1 aromatic heterocycles. The highest BCUT2D eigenvalue weighted by atomic mass is 32.2. The van der Waals surface area contributed by atoms with E-state index >= 15 is 0 Å². The average molecular weight is 228 g/mol. The van der Waals surface area contributed by atoms with Gasteiger partial charge in [0.2, 0.25) is 0 Å². The standard InChI is InChI=1S/C9H12N2O3S/c1-15(12,13)14-8-7-11-6-2-3-9(11)4-5-10/h2-3,6H,4,7-8H2,1H3. The molecule has 0 aromatic carbocycles. The fraction of sp³-hybridized carbons (Fsp3) is 0.444. The molecule has 0 bridgehead atoms. The molecule has 5 nitrogen and oxygen atoms in total. The molecule has 1 rings (SSSR count). The van der Waals surface area contributed by atoms with E-state index in [1.54, 1.807) is 10.8 Å². The smallest absolute Gasteiger partial charge is 0.264 e. The predicted molar refractivity (Wildman–Crippen MR) is 54.5 cm³/mol. The number of hydrogen-bond acceptors (Lipinski definition) is 4. The molecule has 0 aliphatic carbocycles. The Labute approximate surface area is 89.0 Å². The van der Waals surface area contributed by atoms with Gasteiger partial charge in [-0.25, -0.2) is 0 Å². The first-order valence-electron chi connectivity index (χ1n) is 4.38. The lowest BCUT2D eigenvalue weighted by Gasteiger charge is -2.06. The molecule has 0 spiro atoms. The molecule has 0 unspecified atom stereocenters. The third-order valence-corrected chi connectivity index (χ3v) is 2.41. The van der Waals surface area contributed by atoms with Crippen molar-refractivity contribution < 1.29 is 12.6 Å². The second kappa shape index (κ2) is 4.96. The highest BCUT2D eigenvalue weighted by molar-refractivity contribution is 7.85. The fourth-order valence-electron chi connectivity index (χ4n) is 1.20. The Hall–Kier alpha value is -1.32. The van der Waals surface area contributed by atoms with Crippen LogP contribution in [-0.2, 0) is 27.3 Å². The molecule has 0 atom stereocenters. The van der Waals surface area contributed by atoms with Crippen molar-refractivity contribution in [3.05, 3.63) is 24.0 Å². The first-order valence-corrected chi connectivity index (χ1v) is 6.20. The molecule has 0 saturated heterocycles. The molecule has 6 heteroatoms. The number of hydrogen-bond donors (Lipinski definition) is 0. The van der Waals surface area contributed by atoms with Crippen LogP contribution >= 0.6 is 0 Å². The van der Waals surface area contributed by atoms with Gasteiger partial charge in [-0.2, -0.15) is 13.7 Å². The van der Waals surface area contributed by atoms with Gasteiger partial charge in [0.1, 0.15) is 0 Å². The van der Waals surface area contributed by atoms with Crippen LogP contribution < -0.4 is 0 Å². The van der Waals surface area contributed by atoms with Crippen molar-refractivity contribution in [3.8, 4) is 6.07 Å². The molecule has 1 aromatic rings. The van der Waals surface area contributed by atoms with E-state index in [1.165, 1.54) is 0 Å². The van der Waals surface area contributed by atoms with Crippen LogP contribution in [0, 0.1) is 11.3 Å². The van der Waals surface area contributed by atoms with E-state index in [0.717, 1.165) is 11.9 Å². The summed E-state index contributed by atoms with van der Waals surface area (Å²) in [6.07, 6.45) is 3.11. The van der Waals surface area contributed by atoms with E-state index in [1.807, 2.05) is 18.2 Å². The monoisotopic (exact) mass is 228 g/mol. The maximum absolute atomic E-state index is 10.7. The van der Waals surface area contributed by atoms with E-state index in [9.17, 15) is 8.42 Å².